The third kappa shape index (κ3) is 5.43. The number of likely N-dealkylation sites (N-methyl/N-ethyl adjacent to an activating group) is 1. The maximum absolute atomic E-state index is 12.2. The second-order valence-corrected chi connectivity index (χ2v) is 6.35. The molecule has 2 amide bonds. The zero-order valence-electron chi connectivity index (χ0n) is 15.2. The topological polar surface area (TPSA) is 61.4 Å². The molecule has 0 spiro atoms. The maximum Gasteiger partial charge on any atom is 0.238 e. The highest BCUT2D eigenvalue weighted by Gasteiger charge is 2.13. The van der Waals surface area contributed by atoms with Gasteiger partial charge in [-0.2, -0.15) is 0 Å². The molecule has 0 saturated carbocycles. The van der Waals surface area contributed by atoms with Crippen LogP contribution in [-0.4, -0.2) is 36.9 Å². The van der Waals surface area contributed by atoms with Crippen LogP contribution in [0.15, 0.2) is 42.5 Å². The van der Waals surface area contributed by atoms with E-state index in [1.54, 1.807) is 11.9 Å². The predicted molar refractivity (Wildman–Crippen MR) is 102 cm³/mol. The molecule has 0 fully saturated rings. The Bertz CT molecular complexity index is 751. The summed E-state index contributed by atoms with van der Waals surface area (Å²) in [4.78, 5) is 26.1. The largest absolute Gasteiger partial charge is 0.325 e. The van der Waals surface area contributed by atoms with Crippen LogP contribution >= 0.6 is 0 Å². The van der Waals surface area contributed by atoms with Gasteiger partial charge < -0.3 is 10.6 Å². The highest BCUT2D eigenvalue weighted by molar-refractivity contribution is 5.95. The lowest BCUT2D eigenvalue weighted by Gasteiger charge is -2.18. The van der Waals surface area contributed by atoms with E-state index in [4.69, 9.17) is 0 Å². The van der Waals surface area contributed by atoms with Gasteiger partial charge in [0, 0.05) is 11.4 Å². The quantitative estimate of drug-likeness (QED) is 0.850. The van der Waals surface area contributed by atoms with Crippen molar-refractivity contribution < 1.29 is 9.59 Å². The second-order valence-electron chi connectivity index (χ2n) is 6.35. The third-order valence-corrected chi connectivity index (χ3v) is 3.99. The van der Waals surface area contributed by atoms with Gasteiger partial charge in [-0.3, -0.25) is 14.5 Å². The fourth-order valence-electron chi connectivity index (χ4n) is 2.64. The minimum absolute atomic E-state index is 0.136. The van der Waals surface area contributed by atoms with Crippen LogP contribution < -0.4 is 10.6 Å². The normalized spacial score (nSPS) is 10.6. The van der Waals surface area contributed by atoms with Gasteiger partial charge in [0.1, 0.15) is 0 Å². The number of nitrogens with zero attached hydrogens (tertiary/aromatic N) is 1. The minimum atomic E-state index is -0.142. The number of rotatable bonds is 6. The summed E-state index contributed by atoms with van der Waals surface area (Å²) in [5.74, 6) is -0.278. The number of aryl methyl sites for hydroxylation is 3. The maximum atomic E-state index is 12.2. The van der Waals surface area contributed by atoms with Crippen molar-refractivity contribution in [3.05, 3.63) is 59.2 Å². The standard InChI is InChI=1S/C20H25N3O2/c1-14-8-5-6-11-17(14)21-18(24)12-23(4)13-19(25)22-20-15(2)9-7-10-16(20)3/h5-11H,12-13H2,1-4H3,(H,21,24)(H,22,25). The molecule has 0 radical (unpaired) electrons. The molecule has 2 aromatic rings. The van der Waals surface area contributed by atoms with E-state index in [9.17, 15) is 9.59 Å². The molecular formula is C20H25N3O2. The van der Waals surface area contributed by atoms with Crippen LogP contribution in [0.5, 0.6) is 0 Å². The van der Waals surface area contributed by atoms with E-state index in [2.05, 4.69) is 10.6 Å². The van der Waals surface area contributed by atoms with E-state index in [1.165, 1.54) is 0 Å². The van der Waals surface area contributed by atoms with E-state index in [1.807, 2.05) is 63.2 Å². The van der Waals surface area contributed by atoms with E-state index in [-0.39, 0.29) is 24.9 Å². The Morgan fingerprint density at radius 3 is 1.92 bits per heavy atom. The molecule has 2 N–H and O–H groups in total. The molecule has 5 heteroatoms. The number of hydrogen-bond donors (Lipinski definition) is 2. The van der Waals surface area contributed by atoms with E-state index >= 15 is 0 Å². The minimum Gasteiger partial charge on any atom is -0.325 e. The first-order chi connectivity index (χ1) is 11.9. The number of carbonyl (C=O) groups is 2. The molecular weight excluding hydrogens is 314 g/mol. The Kier molecular flexibility index (Phi) is 6.31. The first-order valence-corrected chi connectivity index (χ1v) is 8.27. The SMILES string of the molecule is Cc1ccccc1NC(=O)CN(C)CC(=O)Nc1c(C)cccc1C. The molecule has 0 bridgehead atoms. The fourth-order valence-corrected chi connectivity index (χ4v) is 2.64. The monoisotopic (exact) mass is 339 g/mol. The number of para-hydroxylation sites is 2. The van der Waals surface area contributed by atoms with Crippen LogP contribution in [0.3, 0.4) is 0 Å². The number of benzene rings is 2. The summed E-state index contributed by atoms with van der Waals surface area (Å²) in [5.41, 5.74) is 4.68. The zero-order chi connectivity index (χ0) is 18.4. The molecule has 0 saturated heterocycles. The molecule has 0 unspecified atom stereocenters. The molecule has 0 aliphatic rings. The molecule has 2 rings (SSSR count). The molecule has 5 nitrogen and oxygen atoms in total. The second kappa shape index (κ2) is 8.44. The van der Waals surface area contributed by atoms with Crippen molar-refractivity contribution in [1.82, 2.24) is 4.90 Å². The number of amides is 2. The molecule has 0 aliphatic heterocycles. The molecule has 132 valence electrons. The van der Waals surface area contributed by atoms with Gasteiger partial charge in [0.2, 0.25) is 11.8 Å². The number of carbonyl (C=O) groups excluding carboxylic acids is 2. The van der Waals surface area contributed by atoms with Crippen molar-refractivity contribution in [3.63, 3.8) is 0 Å². The highest BCUT2D eigenvalue weighted by Crippen LogP contribution is 2.19. The van der Waals surface area contributed by atoms with Gasteiger partial charge >= 0.3 is 0 Å². The van der Waals surface area contributed by atoms with Crippen LogP contribution in [0.25, 0.3) is 0 Å². The van der Waals surface area contributed by atoms with Crippen molar-refractivity contribution in [2.45, 2.75) is 20.8 Å². The number of hydrogen-bond acceptors (Lipinski definition) is 3. The van der Waals surface area contributed by atoms with Crippen molar-refractivity contribution in [2.24, 2.45) is 0 Å². The Morgan fingerprint density at radius 1 is 0.800 bits per heavy atom. The molecule has 25 heavy (non-hydrogen) atoms. The van der Waals surface area contributed by atoms with Gasteiger partial charge in [-0.15, -0.1) is 0 Å². The molecule has 0 aliphatic carbocycles. The van der Waals surface area contributed by atoms with Crippen LogP contribution in [0, 0.1) is 20.8 Å². The van der Waals surface area contributed by atoms with Crippen molar-refractivity contribution >= 4 is 23.2 Å². The average Bonchev–Trinajstić information content (AvgIpc) is 2.53. The molecule has 2 aromatic carbocycles. The van der Waals surface area contributed by atoms with Crippen LogP contribution in [0.2, 0.25) is 0 Å². The lowest BCUT2D eigenvalue weighted by molar-refractivity contribution is -0.119. The Labute approximate surface area is 149 Å². The molecule has 0 atom stereocenters. The van der Waals surface area contributed by atoms with E-state index in [0.717, 1.165) is 28.1 Å². The van der Waals surface area contributed by atoms with Gasteiger partial charge in [-0.05, 0) is 50.6 Å². The van der Waals surface area contributed by atoms with Crippen molar-refractivity contribution in [2.75, 3.05) is 30.8 Å². The summed E-state index contributed by atoms with van der Waals surface area (Å²) in [7, 11) is 1.75. The van der Waals surface area contributed by atoms with Crippen LogP contribution in [0.4, 0.5) is 11.4 Å². The predicted octanol–water partition coefficient (Wildman–Crippen LogP) is 3.12. The van der Waals surface area contributed by atoms with Gasteiger partial charge in [-0.1, -0.05) is 36.4 Å². The summed E-state index contributed by atoms with van der Waals surface area (Å²) in [6, 6.07) is 13.5. The Balaban J connectivity index is 1.87. The van der Waals surface area contributed by atoms with Crippen molar-refractivity contribution in [3.8, 4) is 0 Å². The van der Waals surface area contributed by atoms with Gasteiger partial charge in [0.25, 0.3) is 0 Å². The lowest BCUT2D eigenvalue weighted by Crippen LogP contribution is -2.36. The number of anilines is 2. The summed E-state index contributed by atoms with van der Waals surface area (Å²) in [5, 5.41) is 5.80. The molecule has 0 heterocycles. The van der Waals surface area contributed by atoms with E-state index in [0.29, 0.717) is 0 Å². The van der Waals surface area contributed by atoms with Crippen LogP contribution in [0.1, 0.15) is 16.7 Å². The zero-order valence-corrected chi connectivity index (χ0v) is 15.2. The summed E-state index contributed by atoms with van der Waals surface area (Å²) in [6.07, 6.45) is 0. The van der Waals surface area contributed by atoms with Crippen molar-refractivity contribution in [1.29, 1.82) is 0 Å². The van der Waals surface area contributed by atoms with E-state index < -0.39 is 0 Å². The smallest absolute Gasteiger partial charge is 0.238 e. The Morgan fingerprint density at radius 2 is 1.32 bits per heavy atom. The van der Waals surface area contributed by atoms with Gasteiger partial charge in [-0.25, -0.2) is 0 Å². The number of nitrogens with one attached hydrogen (secondary N) is 2. The fraction of sp³-hybridized carbons (Fsp3) is 0.300. The summed E-state index contributed by atoms with van der Waals surface area (Å²) in [6.45, 7) is 6.16. The van der Waals surface area contributed by atoms with Crippen LogP contribution in [-0.2, 0) is 9.59 Å². The lowest BCUT2D eigenvalue weighted by atomic mass is 10.1. The summed E-state index contributed by atoms with van der Waals surface area (Å²) < 4.78 is 0. The first kappa shape index (κ1) is 18.7. The van der Waals surface area contributed by atoms with Gasteiger partial charge in [0.15, 0.2) is 0 Å². The Hall–Kier alpha value is -2.66. The summed E-state index contributed by atoms with van der Waals surface area (Å²) >= 11 is 0. The third-order valence-electron chi connectivity index (χ3n) is 3.99. The van der Waals surface area contributed by atoms with Gasteiger partial charge in [0.05, 0.1) is 13.1 Å². The molecule has 0 aromatic heterocycles. The highest BCUT2D eigenvalue weighted by atomic mass is 16.2. The first-order valence-electron chi connectivity index (χ1n) is 8.27. The average molecular weight is 339 g/mol.